The summed E-state index contributed by atoms with van der Waals surface area (Å²) < 4.78 is 86.1. The number of allylic oxidation sites excluding steroid dienone is 5. The molecule has 0 bridgehead atoms. The molecule has 0 aliphatic heterocycles. The highest BCUT2D eigenvalue weighted by Gasteiger charge is 2.71. The quantitative estimate of drug-likeness (QED) is 0.184. The van der Waals surface area contributed by atoms with Gasteiger partial charge in [-0.1, -0.05) is 26.0 Å². The van der Waals surface area contributed by atoms with Crippen molar-refractivity contribution in [1.82, 2.24) is 4.90 Å². The lowest BCUT2D eigenvalue weighted by Gasteiger charge is -2.33. The Balaban J connectivity index is 3.37. The highest BCUT2D eigenvalue weighted by Crippen LogP contribution is 2.49. The number of nitrogens with zero attached hydrogens (tertiary/aromatic N) is 2. The van der Waals surface area contributed by atoms with Crippen LogP contribution in [0.1, 0.15) is 32.6 Å². The normalized spacial score (nSPS) is 16.8. The summed E-state index contributed by atoms with van der Waals surface area (Å²) in [5.74, 6) is 0.344. The van der Waals surface area contributed by atoms with Crippen molar-refractivity contribution >= 4 is 5.71 Å². The van der Waals surface area contributed by atoms with Gasteiger partial charge in [-0.05, 0) is 56.3 Å². The lowest BCUT2D eigenvalue weighted by atomic mass is 9.89. The first-order valence-electron chi connectivity index (χ1n) is 10.3. The molecule has 10 heteroatoms. The third-order valence-corrected chi connectivity index (χ3v) is 4.89. The molecule has 33 heavy (non-hydrogen) atoms. The third kappa shape index (κ3) is 7.33. The van der Waals surface area contributed by atoms with Crippen molar-refractivity contribution in [2.24, 2.45) is 4.99 Å². The fourth-order valence-electron chi connectivity index (χ4n) is 3.06. The Kier molecular flexibility index (Phi) is 10.2. The van der Waals surface area contributed by atoms with Gasteiger partial charge >= 0.3 is 12.4 Å². The molecule has 0 unspecified atom stereocenters. The van der Waals surface area contributed by atoms with Crippen LogP contribution in [0.15, 0.2) is 64.6 Å². The lowest BCUT2D eigenvalue weighted by molar-refractivity contribution is -0.351. The number of alkyl halides is 6. The van der Waals surface area contributed by atoms with E-state index in [-0.39, 0.29) is 29.9 Å². The highest BCUT2D eigenvalue weighted by molar-refractivity contribution is 5.95. The van der Waals surface area contributed by atoms with Gasteiger partial charge in [0.15, 0.2) is 0 Å². The van der Waals surface area contributed by atoms with Crippen molar-refractivity contribution in [2.75, 3.05) is 27.7 Å². The Bertz CT molecular complexity index is 832. The summed E-state index contributed by atoms with van der Waals surface area (Å²) in [5, 5.41) is 9.82. The van der Waals surface area contributed by atoms with Crippen molar-refractivity contribution in [2.45, 2.75) is 50.6 Å². The van der Waals surface area contributed by atoms with Crippen molar-refractivity contribution in [3.05, 3.63) is 59.6 Å². The van der Waals surface area contributed by atoms with Crippen LogP contribution in [0.4, 0.5) is 26.3 Å². The maximum absolute atomic E-state index is 13.4. The summed E-state index contributed by atoms with van der Waals surface area (Å²) in [5.41, 5.74) is -5.50. The van der Waals surface area contributed by atoms with Crippen molar-refractivity contribution in [1.29, 1.82) is 0 Å². The van der Waals surface area contributed by atoms with Crippen LogP contribution in [0, 0.1) is 0 Å². The number of rotatable bonds is 10. The molecule has 0 radical (unpaired) electrons. The molecule has 186 valence electrons. The molecule has 0 amide bonds. The van der Waals surface area contributed by atoms with Crippen LogP contribution < -0.4 is 0 Å². The second-order valence-electron chi connectivity index (χ2n) is 7.71. The van der Waals surface area contributed by atoms with Crippen molar-refractivity contribution in [3.63, 3.8) is 0 Å². The Labute approximate surface area is 190 Å². The summed E-state index contributed by atoms with van der Waals surface area (Å²) in [4.78, 5) is 6.13. The Morgan fingerprint density at radius 3 is 2.24 bits per heavy atom. The summed E-state index contributed by atoms with van der Waals surface area (Å²) in [7, 11) is 5.39. The van der Waals surface area contributed by atoms with E-state index < -0.39 is 23.5 Å². The van der Waals surface area contributed by atoms with E-state index in [2.05, 4.69) is 11.6 Å². The molecule has 0 saturated heterocycles. The Morgan fingerprint density at radius 1 is 1.18 bits per heavy atom. The smallest absolute Gasteiger partial charge is 0.430 e. The fraction of sp³-hybridized carbons (Fsp3) is 0.522. The molecule has 0 aromatic carbocycles. The maximum Gasteiger partial charge on any atom is 0.430 e. The summed E-state index contributed by atoms with van der Waals surface area (Å²) in [6.07, 6.45) is -5.27. The molecule has 0 saturated carbocycles. The third-order valence-electron chi connectivity index (χ3n) is 4.89. The average molecular weight is 480 g/mol. The van der Waals surface area contributed by atoms with Crippen LogP contribution in [-0.2, 0) is 4.74 Å². The zero-order chi connectivity index (χ0) is 25.4. The minimum atomic E-state index is -5.96. The van der Waals surface area contributed by atoms with E-state index in [1.807, 2.05) is 19.0 Å². The second kappa shape index (κ2) is 11.7. The van der Waals surface area contributed by atoms with E-state index >= 15 is 0 Å². The van der Waals surface area contributed by atoms with E-state index in [0.717, 1.165) is 0 Å². The molecular weight excluding hydrogens is 450 g/mol. The number of aliphatic hydroxyl groups is 1. The first-order valence-corrected chi connectivity index (χ1v) is 10.3. The molecule has 0 atom stereocenters. The van der Waals surface area contributed by atoms with Crippen molar-refractivity contribution in [3.8, 4) is 0 Å². The van der Waals surface area contributed by atoms with Crippen LogP contribution in [-0.4, -0.2) is 61.4 Å². The molecule has 1 rings (SSSR count). The lowest BCUT2D eigenvalue weighted by Crippen LogP contribution is -2.57. The SMILES string of the molecule is C=C/C(=C\C(CCN(C)C)=NC)OC1=CCC=C(C(O)(C(F)(F)F)C(F)(F)F)C=C1CCC. The predicted octanol–water partition coefficient (Wildman–Crippen LogP) is 5.89. The molecule has 1 N–H and O–H groups in total. The number of ether oxygens (including phenoxy) is 1. The topological polar surface area (TPSA) is 45.1 Å². The van der Waals surface area contributed by atoms with Crippen LogP contribution in [0.3, 0.4) is 0 Å². The Morgan fingerprint density at radius 2 is 1.79 bits per heavy atom. The highest BCUT2D eigenvalue weighted by atomic mass is 19.4. The number of aliphatic imine (C=N–C) groups is 1. The van der Waals surface area contributed by atoms with Gasteiger partial charge in [0.1, 0.15) is 11.5 Å². The summed E-state index contributed by atoms with van der Waals surface area (Å²) in [6, 6.07) is 0. The van der Waals surface area contributed by atoms with Gasteiger partial charge in [0, 0.05) is 31.8 Å². The standard InChI is InChI=1S/C23H30F6N2O2/c1-6-9-16-14-17(21(32,22(24,25)26)23(27,28)29)10-8-11-20(16)33-19(7-2)15-18(30-3)12-13-31(4)5/h7,10-11,14-15,32H,2,6,8-9,12-13H2,1,3-5H3/b19-15+,30-18?. The number of hydrogen-bond acceptors (Lipinski definition) is 4. The monoisotopic (exact) mass is 480 g/mol. The molecule has 0 aromatic heterocycles. The van der Waals surface area contributed by atoms with E-state index in [4.69, 9.17) is 4.74 Å². The van der Waals surface area contributed by atoms with Crippen LogP contribution in [0.2, 0.25) is 0 Å². The van der Waals surface area contributed by atoms with Gasteiger partial charge in [0.05, 0.1) is 0 Å². The molecule has 0 spiro atoms. The molecule has 1 aliphatic carbocycles. The summed E-state index contributed by atoms with van der Waals surface area (Å²) in [6.45, 7) is 6.09. The number of halogens is 6. The van der Waals surface area contributed by atoms with Gasteiger partial charge in [-0.15, -0.1) is 0 Å². The molecule has 0 fully saturated rings. The minimum absolute atomic E-state index is 0.101. The van der Waals surface area contributed by atoms with Gasteiger partial charge in [-0.25, -0.2) is 0 Å². The van der Waals surface area contributed by atoms with Gasteiger partial charge in [0.25, 0.3) is 5.60 Å². The van der Waals surface area contributed by atoms with Gasteiger partial charge in [-0.2, -0.15) is 26.3 Å². The molecule has 0 heterocycles. The van der Waals surface area contributed by atoms with Crippen LogP contribution in [0.5, 0.6) is 0 Å². The van der Waals surface area contributed by atoms with E-state index in [9.17, 15) is 31.4 Å². The molecule has 1 aliphatic rings. The second-order valence-corrected chi connectivity index (χ2v) is 7.71. The van der Waals surface area contributed by atoms with Gasteiger partial charge < -0.3 is 14.7 Å². The van der Waals surface area contributed by atoms with E-state index in [0.29, 0.717) is 37.3 Å². The fourth-order valence-corrected chi connectivity index (χ4v) is 3.06. The molecule has 0 aromatic rings. The first-order chi connectivity index (χ1) is 15.2. The zero-order valence-corrected chi connectivity index (χ0v) is 19.1. The predicted molar refractivity (Wildman–Crippen MR) is 117 cm³/mol. The van der Waals surface area contributed by atoms with Crippen LogP contribution >= 0.6 is 0 Å². The molecular formula is C23H30F6N2O2. The minimum Gasteiger partial charge on any atom is -0.457 e. The summed E-state index contributed by atoms with van der Waals surface area (Å²) >= 11 is 0. The first kappa shape index (κ1) is 28.7. The largest absolute Gasteiger partial charge is 0.457 e. The number of hydrogen-bond donors (Lipinski definition) is 1. The maximum atomic E-state index is 13.4. The molecule has 4 nitrogen and oxygen atoms in total. The van der Waals surface area contributed by atoms with E-state index in [1.54, 1.807) is 20.0 Å². The van der Waals surface area contributed by atoms with E-state index in [1.165, 1.54) is 12.2 Å². The average Bonchev–Trinajstić information content (AvgIpc) is 2.90. The van der Waals surface area contributed by atoms with Crippen LogP contribution in [0.25, 0.3) is 0 Å². The zero-order valence-electron chi connectivity index (χ0n) is 19.1. The van der Waals surface area contributed by atoms with Crippen molar-refractivity contribution < 1.29 is 36.2 Å². The van der Waals surface area contributed by atoms with Gasteiger partial charge in [-0.3, -0.25) is 4.99 Å². The Hall–Kier alpha value is -2.33. The van der Waals surface area contributed by atoms with Gasteiger partial charge in [0.2, 0.25) is 0 Å².